The van der Waals surface area contributed by atoms with Gasteiger partial charge in [-0.1, -0.05) is 12.1 Å². The van der Waals surface area contributed by atoms with Crippen molar-refractivity contribution in [1.29, 1.82) is 0 Å². The molecule has 1 heterocycles. The van der Waals surface area contributed by atoms with E-state index in [0.29, 0.717) is 25.4 Å². The molecule has 0 saturated carbocycles. The topological polar surface area (TPSA) is 69.6 Å². The third-order valence-electron chi connectivity index (χ3n) is 3.78. The predicted molar refractivity (Wildman–Crippen MR) is 89.3 cm³/mol. The number of aliphatic carboxylic acids is 1. The van der Waals surface area contributed by atoms with E-state index >= 15 is 0 Å². The fraction of sp³-hybridized carbons (Fsp3) is 0.467. The quantitative estimate of drug-likeness (QED) is 0.759. The number of piperidine rings is 1. The van der Waals surface area contributed by atoms with E-state index in [-0.39, 0.29) is 12.5 Å². The summed E-state index contributed by atoms with van der Waals surface area (Å²) in [5.41, 5.74) is 0.830. The zero-order valence-corrected chi connectivity index (χ0v) is 13.9. The summed E-state index contributed by atoms with van der Waals surface area (Å²) in [5.74, 6) is -0.323. The Hall–Kier alpha value is -1.31. The summed E-state index contributed by atoms with van der Waals surface area (Å²) >= 11 is 2.20. The number of nitrogens with one attached hydrogen (secondary N) is 1. The Kier molecular flexibility index (Phi) is 5.84. The first-order chi connectivity index (χ1) is 10.1. The largest absolute Gasteiger partial charge is 0.481 e. The zero-order chi connectivity index (χ0) is 15.2. The summed E-state index contributed by atoms with van der Waals surface area (Å²) < 4.78 is 1.01. The first-order valence-corrected chi connectivity index (χ1v) is 8.16. The number of hydrogen-bond acceptors (Lipinski definition) is 2. The van der Waals surface area contributed by atoms with Crippen LogP contribution in [-0.2, 0) is 4.79 Å². The summed E-state index contributed by atoms with van der Waals surface area (Å²) in [6, 6.07) is 7.60. The molecular weight excluding hydrogens is 383 g/mol. The minimum atomic E-state index is -0.742. The highest BCUT2D eigenvalue weighted by molar-refractivity contribution is 14.1. The van der Waals surface area contributed by atoms with Gasteiger partial charge in [-0.3, -0.25) is 4.79 Å². The molecule has 1 saturated heterocycles. The Balaban J connectivity index is 1.81. The van der Waals surface area contributed by atoms with Gasteiger partial charge in [-0.05, 0) is 59.9 Å². The molecule has 6 heteroatoms. The minimum Gasteiger partial charge on any atom is -0.481 e. The fourth-order valence-corrected chi connectivity index (χ4v) is 3.03. The van der Waals surface area contributed by atoms with Crippen LogP contribution in [0.15, 0.2) is 24.3 Å². The number of urea groups is 1. The number of benzene rings is 1. The van der Waals surface area contributed by atoms with E-state index in [4.69, 9.17) is 5.11 Å². The normalized spacial score (nSPS) is 15.8. The van der Waals surface area contributed by atoms with Crippen LogP contribution >= 0.6 is 22.6 Å². The predicted octanol–water partition coefficient (Wildman–Crippen LogP) is 3.40. The standard InChI is InChI=1S/C15H19IN2O3/c16-12-3-1-2-4-13(12)17-15(21)18-9-7-11(8-10-18)5-6-14(19)20/h1-4,11H,5-10H2,(H,17,21)(H,19,20). The highest BCUT2D eigenvalue weighted by atomic mass is 127. The van der Waals surface area contributed by atoms with Gasteiger partial charge >= 0.3 is 12.0 Å². The van der Waals surface area contributed by atoms with E-state index in [2.05, 4.69) is 27.9 Å². The Morgan fingerprint density at radius 1 is 1.29 bits per heavy atom. The number of nitrogens with zero attached hydrogens (tertiary/aromatic N) is 1. The average Bonchev–Trinajstić information content (AvgIpc) is 2.48. The summed E-state index contributed by atoms with van der Waals surface area (Å²) in [5, 5.41) is 11.6. The first-order valence-electron chi connectivity index (χ1n) is 7.08. The van der Waals surface area contributed by atoms with Gasteiger partial charge in [0.15, 0.2) is 0 Å². The van der Waals surface area contributed by atoms with Gasteiger partial charge < -0.3 is 15.3 Å². The van der Waals surface area contributed by atoms with Crippen LogP contribution in [0.4, 0.5) is 10.5 Å². The second-order valence-corrected chi connectivity index (χ2v) is 6.44. The molecule has 1 aliphatic heterocycles. The van der Waals surface area contributed by atoms with Gasteiger partial charge in [0.05, 0.1) is 5.69 Å². The minimum absolute atomic E-state index is 0.0733. The molecule has 114 valence electrons. The number of anilines is 1. The number of carbonyl (C=O) groups excluding carboxylic acids is 1. The first kappa shape index (κ1) is 16.1. The van der Waals surface area contributed by atoms with Crippen molar-refractivity contribution in [2.45, 2.75) is 25.7 Å². The number of carboxylic acids is 1. The fourth-order valence-electron chi connectivity index (χ4n) is 2.51. The molecule has 0 radical (unpaired) electrons. The molecule has 0 atom stereocenters. The number of carbonyl (C=O) groups is 2. The summed E-state index contributed by atoms with van der Waals surface area (Å²) in [7, 11) is 0. The molecule has 0 aromatic heterocycles. The number of amides is 2. The maximum absolute atomic E-state index is 12.2. The molecule has 1 aliphatic rings. The van der Waals surface area contributed by atoms with E-state index in [1.807, 2.05) is 24.3 Å². The van der Waals surface area contributed by atoms with Crippen LogP contribution in [0.25, 0.3) is 0 Å². The second kappa shape index (κ2) is 7.63. The third kappa shape index (κ3) is 4.87. The highest BCUT2D eigenvalue weighted by Gasteiger charge is 2.23. The monoisotopic (exact) mass is 402 g/mol. The van der Waals surface area contributed by atoms with Crippen molar-refractivity contribution in [3.05, 3.63) is 27.8 Å². The van der Waals surface area contributed by atoms with Gasteiger partial charge in [0.1, 0.15) is 0 Å². The van der Waals surface area contributed by atoms with Gasteiger partial charge in [-0.25, -0.2) is 4.79 Å². The van der Waals surface area contributed by atoms with E-state index in [1.54, 1.807) is 4.90 Å². The van der Waals surface area contributed by atoms with Gasteiger partial charge in [0.2, 0.25) is 0 Å². The average molecular weight is 402 g/mol. The lowest BCUT2D eigenvalue weighted by Crippen LogP contribution is -2.41. The van der Waals surface area contributed by atoms with Crippen molar-refractivity contribution in [1.82, 2.24) is 4.90 Å². The number of para-hydroxylation sites is 1. The molecule has 1 fully saturated rings. The lowest BCUT2D eigenvalue weighted by molar-refractivity contribution is -0.137. The summed E-state index contributed by atoms with van der Waals surface area (Å²) in [4.78, 5) is 24.6. The van der Waals surface area contributed by atoms with Crippen molar-refractivity contribution in [3.8, 4) is 0 Å². The van der Waals surface area contributed by atoms with Crippen molar-refractivity contribution >= 4 is 40.3 Å². The number of carboxylic acid groups (broad SMARTS) is 1. The van der Waals surface area contributed by atoms with Crippen LogP contribution in [0.2, 0.25) is 0 Å². The van der Waals surface area contributed by atoms with Crippen LogP contribution in [-0.4, -0.2) is 35.1 Å². The number of rotatable bonds is 4. The van der Waals surface area contributed by atoms with Crippen LogP contribution in [0.1, 0.15) is 25.7 Å². The maximum atomic E-state index is 12.2. The Bertz CT molecular complexity index is 513. The summed E-state index contributed by atoms with van der Waals surface area (Å²) in [6.45, 7) is 1.39. The van der Waals surface area contributed by atoms with Crippen molar-refractivity contribution in [2.75, 3.05) is 18.4 Å². The number of likely N-dealkylation sites (tertiary alicyclic amines) is 1. The SMILES string of the molecule is O=C(O)CCC1CCN(C(=O)Nc2ccccc2I)CC1. The van der Waals surface area contributed by atoms with Crippen molar-refractivity contribution in [3.63, 3.8) is 0 Å². The molecule has 1 aromatic rings. The Morgan fingerprint density at radius 2 is 1.95 bits per heavy atom. The third-order valence-corrected chi connectivity index (χ3v) is 4.72. The summed E-state index contributed by atoms with van der Waals surface area (Å²) in [6.07, 6.45) is 2.69. The number of halogens is 1. The molecular formula is C15H19IN2O3. The van der Waals surface area contributed by atoms with E-state index in [0.717, 1.165) is 22.1 Å². The molecule has 2 rings (SSSR count). The van der Waals surface area contributed by atoms with Gasteiger partial charge in [0, 0.05) is 23.1 Å². The molecule has 2 amide bonds. The van der Waals surface area contributed by atoms with Gasteiger partial charge in [-0.15, -0.1) is 0 Å². The van der Waals surface area contributed by atoms with Crippen LogP contribution in [0.5, 0.6) is 0 Å². The second-order valence-electron chi connectivity index (χ2n) is 5.27. The van der Waals surface area contributed by atoms with Crippen LogP contribution < -0.4 is 5.32 Å². The molecule has 21 heavy (non-hydrogen) atoms. The Labute approximate surface area is 137 Å². The smallest absolute Gasteiger partial charge is 0.321 e. The van der Waals surface area contributed by atoms with Crippen LogP contribution in [0.3, 0.4) is 0 Å². The van der Waals surface area contributed by atoms with E-state index < -0.39 is 5.97 Å². The molecule has 0 unspecified atom stereocenters. The molecule has 0 aliphatic carbocycles. The molecule has 0 bridgehead atoms. The van der Waals surface area contributed by atoms with Crippen molar-refractivity contribution < 1.29 is 14.7 Å². The van der Waals surface area contributed by atoms with Gasteiger partial charge in [0.25, 0.3) is 0 Å². The van der Waals surface area contributed by atoms with Gasteiger partial charge in [-0.2, -0.15) is 0 Å². The lowest BCUT2D eigenvalue weighted by Gasteiger charge is -2.32. The molecule has 1 aromatic carbocycles. The lowest BCUT2D eigenvalue weighted by atomic mass is 9.92. The molecule has 2 N–H and O–H groups in total. The maximum Gasteiger partial charge on any atom is 0.321 e. The number of hydrogen-bond donors (Lipinski definition) is 2. The van der Waals surface area contributed by atoms with Crippen LogP contribution in [0, 0.1) is 9.49 Å². The van der Waals surface area contributed by atoms with E-state index in [1.165, 1.54) is 0 Å². The Morgan fingerprint density at radius 3 is 2.57 bits per heavy atom. The van der Waals surface area contributed by atoms with Crippen molar-refractivity contribution in [2.24, 2.45) is 5.92 Å². The van der Waals surface area contributed by atoms with E-state index in [9.17, 15) is 9.59 Å². The molecule has 5 nitrogen and oxygen atoms in total. The zero-order valence-electron chi connectivity index (χ0n) is 11.7. The highest BCUT2D eigenvalue weighted by Crippen LogP contribution is 2.23. The molecule has 0 spiro atoms.